The van der Waals surface area contributed by atoms with E-state index >= 15 is 0 Å². The number of esters is 1. The SMILES string of the molecule is CCOC(=O)[C@@H](N)Cc1cc(OC)c(-c2ccccc2)c(OC)c1. The van der Waals surface area contributed by atoms with Crippen molar-refractivity contribution in [2.75, 3.05) is 20.8 Å². The lowest BCUT2D eigenvalue weighted by molar-refractivity contribution is -0.144. The summed E-state index contributed by atoms with van der Waals surface area (Å²) in [7, 11) is 3.21. The molecule has 0 aromatic heterocycles. The first-order valence-electron chi connectivity index (χ1n) is 7.83. The maximum atomic E-state index is 11.7. The molecule has 0 heterocycles. The molecule has 2 aromatic carbocycles. The van der Waals surface area contributed by atoms with E-state index in [0.717, 1.165) is 16.7 Å². The van der Waals surface area contributed by atoms with E-state index in [4.69, 9.17) is 19.9 Å². The average Bonchev–Trinajstić information content (AvgIpc) is 2.61. The zero-order valence-electron chi connectivity index (χ0n) is 14.2. The summed E-state index contributed by atoms with van der Waals surface area (Å²) in [5.74, 6) is 0.931. The van der Waals surface area contributed by atoms with E-state index in [0.29, 0.717) is 24.5 Å². The monoisotopic (exact) mass is 329 g/mol. The number of carbonyl (C=O) groups excluding carboxylic acids is 1. The normalized spacial score (nSPS) is 11.7. The molecule has 0 fully saturated rings. The van der Waals surface area contributed by atoms with E-state index in [1.54, 1.807) is 21.1 Å². The fourth-order valence-electron chi connectivity index (χ4n) is 2.56. The molecule has 0 saturated heterocycles. The van der Waals surface area contributed by atoms with E-state index in [9.17, 15) is 4.79 Å². The van der Waals surface area contributed by atoms with Crippen LogP contribution in [0, 0.1) is 0 Å². The molecule has 24 heavy (non-hydrogen) atoms. The maximum Gasteiger partial charge on any atom is 0.323 e. The zero-order chi connectivity index (χ0) is 17.5. The van der Waals surface area contributed by atoms with Crippen LogP contribution in [0.1, 0.15) is 12.5 Å². The number of methoxy groups -OCH3 is 2. The van der Waals surface area contributed by atoms with Gasteiger partial charge in [-0.05, 0) is 36.6 Å². The number of benzene rings is 2. The quantitative estimate of drug-likeness (QED) is 0.791. The van der Waals surface area contributed by atoms with Crippen molar-refractivity contribution in [3.8, 4) is 22.6 Å². The highest BCUT2D eigenvalue weighted by molar-refractivity contribution is 5.79. The van der Waals surface area contributed by atoms with E-state index in [1.807, 2.05) is 42.5 Å². The van der Waals surface area contributed by atoms with Crippen LogP contribution in [-0.2, 0) is 16.0 Å². The maximum absolute atomic E-state index is 11.7. The predicted molar refractivity (Wildman–Crippen MR) is 93.3 cm³/mol. The number of nitrogens with two attached hydrogens (primary N) is 1. The Morgan fingerprint density at radius 1 is 1.08 bits per heavy atom. The van der Waals surface area contributed by atoms with Gasteiger partial charge in [-0.15, -0.1) is 0 Å². The van der Waals surface area contributed by atoms with Gasteiger partial charge < -0.3 is 19.9 Å². The molecule has 1 atom stereocenters. The first-order chi connectivity index (χ1) is 11.6. The molecule has 5 heteroatoms. The second-order valence-corrected chi connectivity index (χ2v) is 5.30. The van der Waals surface area contributed by atoms with Gasteiger partial charge in [0.25, 0.3) is 0 Å². The number of hydrogen-bond acceptors (Lipinski definition) is 5. The third-order valence-electron chi connectivity index (χ3n) is 3.67. The minimum Gasteiger partial charge on any atom is -0.496 e. The first-order valence-corrected chi connectivity index (χ1v) is 7.83. The van der Waals surface area contributed by atoms with Crippen LogP contribution in [0.3, 0.4) is 0 Å². The Bertz CT molecular complexity index is 660. The zero-order valence-corrected chi connectivity index (χ0v) is 14.2. The number of ether oxygens (including phenoxy) is 3. The lowest BCUT2D eigenvalue weighted by atomic mass is 9.98. The van der Waals surface area contributed by atoms with Gasteiger partial charge in [0, 0.05) is 0 Å². The molecular weight excluding hydrogens is 306 g/mol. The highest BCUT2D eigenvalue weighted by atomic mass is 16.5. The van der Waals surface area contributed by atoms with Gasteiger partial charge in [-0.3, -0.25) is 4.79 Å². The summed E-state index contributed by atoms with van der Waals surface area (Å²) in [4.78, 5) is 11.7. The molecule has 0 aliphatic carbocycles. The van der Waals surface area contributed by atoms with Crippen LogP contribution >= 0.6 is 0 Å². The molecule has 0 bridgehead atoms. The Balaban J connectivity index is 2.38. The van der Waals surface area contributed by atoms with Crippen LogP contribution in [0.4, 0.5) is 0 Å². The molecule has 0 amide bonds. The van der Waals surface area contributed by atoms with E-state index in [2.05, 4.69) is 0 Å². The minimum absolute atomic E-state index is 0.312. The Hall–Kier alpha value is -2.53. The van der Waals surface area contributed by atoms with Crippen LogP contribution in [-0.4, -0.2) is 32.8 Å². The van der Waals surface area contributed by atoms with Crippen molar-refractivity contribution >= 4 is 5.97 Å². The smallest absolute Gasteiger partial charge is 0.323 e. The molecule has 0 unspecified atom stereocenters. The molecule has 0 saturated carbocycles. The summed E-state index contributed by atoms with van der Waals surface area (Å²) in [5.41, 5.74) is 8.62. The second kappa shape index (κ2) is 8.36. The van der Waals surface area contributed by atoms with E-state index < -0.39 is 12.0 Å². The molecule has 128 valence electrons. The Kier molecular flexibility index (Phi) is 6.21. The molecule has 0 aliphatic rings. The highest BCUT2D eigenvalue weighted by Crippen LogP contribution is 2.39. The van der Waals surface area contributed by atoms with Gasteiger partial charge in [-0.1, -0.05) is 30.3 Å². The van der Waals surface area contributed by atoms with Gasteiger partial charge in [0.05, 0.1) is 26.4 Å². The molecule has 2 N–H and O–H groups in total. The molecule has 5 nitrogen and oxygen atoms in total. The average molecular weight is 329 g/mol. The molecule has 0 spiro atoms. The summed E-state index contributed by atoms with van der Waals surface area (Å²) in [6.45, 7) is 2.07. The molecule has 0 radical (unpaired) electrons. The fourth-order valence-corrected chi connectivity index (χ4v) is 2.56. The van der Waals surface area contributed by atoms with Crippen LogP contribution in [0.25, 0.3) is 11.1 Å². The van der Waals surface area contributed by atoms with Gasteiger partial charge in [-0.25, -0.2) is 0 Å². The van der Waals surface area contributed by atoms with Gasteiger partial charge in [-0.2, -0.15) is 0 Å². The summed E-state index contributed by atoms with van der Waals surface area (Å²) in [6, 6.07) is 12.9. The van der Waals surface area contributed by atoms with Gasteiger partial charge in [0.15, 0.2) is 0 Å². The van der Waals surface area contributed by atoms with Crippen LogP contribution in [0.5, 0.6) is 11.5 Å². The Morgan fingerprint density at radius 3 is 2.17 bits per heavy atom. The predicted octanol–water partition coefficient (Wildman–Crippen LogP) is 2.80. The first kappa shape index (κ1) is 17.8. The topological polar surface area (TPSA) is 70.8 Å². The number of hydrogen-bond donors (Lipinski definition) is 1. The van der Waals surface area contributed by atoms with Crippen molar-refractivity contribution in [2.24, 2.45) is 5.73 Å². The Labute approximate surface area is 142 Å². The van der Waals surface area contributed by atoms with Gasteiger partial charge >= 0.3 is 5.97 Å². The third kappa shape index (κ3) is 4.06. The number of rotatable bonds is 7. The van der Waals surface area contributed by atoms with Crippen LogP contribution in [0.2, 0.25) is 0 Å². The standard InChI is InChI=1S/C19H23NO4/c1-4-24-19(21)15(20)10-13-11-16(22-2)18(17(12-13)23-3)14-8-6-5-7-9-14/h5-9,11-12,15H,4,10,20H2,1-3H3/t15-/m0/s1. The van der Waals surface area contributed by atoms with Crippen molar-refractivity contribution in [3.63, 3.8) is 0 Å². The molecule has 2 rings (SSSR count). The molecule has 0 aliphatic heterocycles. The second-order valence-electron chi connectivity index (χ2n) is 5.30. The summed E-state index contributed by atoms with van der Waals surface area (Å²) in [5, 5.41) is 0. The fraction of sp³-hybridized carbons (Fsp3) is 0.316. The highest BCUT2D eigenvalue weighted by Gasteiger charge is 2.19. The van der Waals surface area contributed by atoms with Crippen LogP contribution < -0.4 is 15.2 Å². The summed E-state index contributed by atoms with van der Waals surface area (Å²) in [6.07, 6.45) is 0.348. The minimum atomic E-state index is -0.720. The Morgan fingerprint density at radius 2 is 1.67 bits per heavy atom. The van der Waals surface area contributed by atoms with Crippen molar-refractivity contribution < 1.29 is 19.0 Å². The van der Waals surface area contributed by atoms with E-state index in [1.165, 1.54) is 0 Å². The van der Waals surface area contributed by atoms with Crippen molar-refractivity contribution in [3.05, 3.63) is 48.0 Å². The summed E-state index contributed by atoms with van der Waals surface area (Å²) >= 11 is 0. The lowest BCUT2D eigenvalue weighted by Crippen LogP contribution is -2.34. The summed E-state index contributed by atoms with van der Waals surface area (Å²) < 4.78 is 16.0. The van der Waals surface area contributed by atoms with Crippen molar-refractivity contribution in [1.82, 2.24) is 0 Å². The third-order valence-corrected chi connectivity index (χ3v) is 3.67. The molecular formula is C19H23NO4. The lowest BCUT2D eigenvalue weighted by Gasteiger charge is -2.17. The van der Waals surface area contributed by atoms with Crippen LogP contribution in [0.15, 0.2) is 42.5 Å². The van der Waals surface area contributed by atoms with Gasteiger partial charge in [0.1, 0.15) is 17.5 Å². The largest absolute Gasteiger partial charge is 0.496 e. The van der Waals surface area contributed by atoms with Gasteiger partial charge in [0.2, 0.25) is 0 Å². The van der Waals surface area contributed by atoms with E-state index in [-0.39, 0.29) is 0 Å². The molecule has 2 aromatic rings. The number of carbonyl (C=O) groups is 1. The van der Waals surface area contributed by atoms with Crippen molar-refractivity contribution in [1.29, 1.82) is 0 Å². The van der Waals surface area contributed by atoms with Crippen molar-refractivity contribution in [2.45, 2.75) is 19.4 Å².